The van der Waals surface area contributed by atoms with Crippen LogP contribution in [0.2, 0.25) is 0 Å². The number of aliphatic carboxylic acids is 1. The van der Waals surface area contributed by atoms with Crippen LogP contribution in [0.4, 0.5) is 0 Å². The standard InChI is InChI=1S/C14H18BrNO4/c1-9(2)16(7-3-4-13(18)19)14(20)10-5-6-11(15)12(17)8-10/h5-6,8-9,17H,3-4,7H2,1-2H3,(H,18,19). The number of hydrogen-bond acceptors (Lipinski definition) is 3. The quantitative estimate of drug-likeness (QED) is 0.832. The molecule has 0 saturated heterocycles. The van der Waals surface area contributed by atoms with Gasteiger partial charge in [0.25, 0.3) is 5.91 Å². The van der Waals surface area contributed by atoms with Gasteiger partial charge in [0.15, 0.2) is 0 Å². The number of hydrogen-bond donors (Lipinski definition) is 2. The SMILES string of the molecule is CC(C)N(CCCC(=O)O)C(=O)c1ccc(Br)c(O)c1. The molecule has 0 spiro atoms. The largest absolute Gasteiger partial charge is 0.507 e. The first kappa shape index (κ1) is 16.5. The number of carbonyl (C=O) groups is 2. The predicted molar refractivity (Wildman–Crippen MR) is 78.8 cm³/mol. The lowest BCUT2D eigenvalue weighted by molar-refractivity contribution is -0.137. The Bertz CT molecular complexity index is 502. The molecule has 110 valence electrons. The van der Waals surface area contributed by atoms with Crippen molar-refractivity contribution in [3.63, 3.8) is 0 Å². The second-order valence-corrected chi connectivity index (χ2v) is 5.61. The summed E-state index contributed by atoms with van der Waals surface area (Å²) in [5.74, 6) is -1.08. The highest BCUT2D eigenvalue weighted by Crippen LogP contribution is 2.25. The Morgan fingerprint density at radius 3 is 2.50 bits per heavy atom. The third-order valence-corrected chi connectivity index (χ3v) is 3.54. The number of carboxylic acids is 1. The number of amides is 1. The van der Waals surface area contributed by atoms with Crippen LogP contribution >= 0.6 is 15.9 Å². The zero-order chi connectivity index (χ0) is 15.3. The van der Waals surface area contributed by atoms with Crippen molar-refractivity contribution in [1.29, 1.82) is 0 Å². The normalized spacial score (nSPS) is 10.6. The van der Waals surface area contributed by atoms with Gasteiger partial charge in [-0.3, -0.25) is 9.59 Å². The molecule has 6 heteroatoms. The number of carboxylic acid groups (broad SMARTS) is 1. The molecule has 0 unspecified atom stereocenters. The zero-order valence-corrected chi connectivity index (χ0v) is 13.1. The van der Waals surface area contributed by atoms with E-state index in [-0.39, 0.29) is 24.1 Å². The minimum absolute atomic E-state index is 0.00471. The smallest absolute Gasteiger partial charge is 0.303 e. The van der Waals surface area contributed by atoms with Gasteiger partial charge in [-0.05, 0) is 54.4 Å². The number of phenolic OH excluding ortho intramolecular Hbond substituents is 1. The van der Waals surface area contributed by atoms with Gasteiger partial charge in [0, 0.05) is 24.6 Å². The topological polar surface area (TPSA) is 77.8 Å². The second kappa shape index (κ2) is 7.28. The van der Waals surface area contributed by atoms with Crippen LogP contribution in [0.5, 0.6) is 5.75 Å². The molecular weight excluding hydrogens is 326 g/mol. The molecule has 1 aromatic rings. The van der Waals surface area contributed by atoms with Gasteiger partial charge in [-0.15, -0.1) is 0 Å². The molecule has 1 amide bonds. The lowest BCUT2D eigenvalue weighted by Crippen LogP contribution is -2.37. The van der Waals surface area contributed by atoms with E-state index in [2.05, 4.69) is 15.9 Å². The molecule has 1 aromatic carbocycles. The van der Waals surface area contributed by atoms with Crippen LogP contribution in [0.15, 0.2) is 22.7 Å². The fourth-order valence-electron chi connectivity index (χ4n) is 1.81. The maximum Gasteiger partial charge on any atom is 0.303 e. The van der Waals surface area contributed by atoms with Gasteiger partial charge in [0.2, 0.25) is 0 Å². The molecule has 0 radical (unpaired) electrons. The van der Waals surface area contributed by atoms with Crippen LogP contribution in [0.1, 0.15) is 37.0 Å². The minimum Gasteiger partial charge on any atom is -0.507 e. The number of benzene rings is 1. The van der Waals surface area contributed by atoms with Crippen LogP contribution in [-0.2, 0) is 4.79 Å². The minimum atomic E-state index is -0.873. The third kappa shape index (κ3) is 4.52. The van der Waals surface area contributed by atoms with Gasteiger partial charge in [0.05, 0.1) is 4.47 Å². The number of carbonyl (C=O) groups excluding carboxylic acids is 1. The van der Waals surface area contributed by atoms with Crippen molar-refractivity contribution in [3.8, 4) is 5.75 Å². The summed E-state index contributed by atoms with van der Waals surface area (Å²) in [7, 11) is 0. The molecule has 0 aliphatic rings. The van der Waals surface area contributed by atoms with Crippen molar-refractivity contribution in [2.75, 3.05) is 6.54 Å². The van der Waals surface area contributed by atoms with E-state index in [9.17, 15) is 14.7 Å². The van der Waals surface area contributed by atoms with E-state index >= 15 is 0 Å². The van der Waals surface area contributed by atoms with Gasteiger partial charge in [-0.2, -0.15) is 0 Å². The summed E-state index contributed by atoms with van der Waals surface area (Å²) in [6.07, 6.45) is 0.434. The Morgan fingerprint density at radius 2 is 2.00 bits per heavy atom. The monoisotopic (exact) mass is 343 g/mol. The molecule has 0 aliphatic carbocycles. The van der Waals surface area contributed by atoms with Crippen LogP contribution in [0.3, 0.4) is 0 Å². The van der Waals surface area contributed by atoms with Crippen molar-refractivity contribution >= 4 is 27.8 Å². The molecule has 0 heterocycles. The number of nitrogens with zero attached hydrogens (tertiary/aromatic N) is 1. The Labute approximate surface area is 126 Å². The van der Waals surface area contributed by atoms with Crippen LogP contribution in [0, 0.1) is 0 Å². The van der Waals surface area contributed by atoms with E-state index in [1.54, 1.807) is 17.0 Å². The van der Waals surface area contributed by atoms with Gasteiger partial charge in [0.1, 0.15) is 5.75 Å². The highest BCUT2D eigenvalue weighted by molar-refractivity contribution is 9.10. The maximum atomic E-state index is 12.4. The number of aromatic hydroxyl groups is 1. The van der Waals surface area contributed by atoms with Gasteiger partial charge in [-0.25, -0.2) is 0 Å². The summed E-state index contributed by atoms with van der Waals surface area (Å²) in [4.78, 5) is 24.5. The summed E-state index contributed by atoms with van der Waals surface area (Å²) in [6.45, 7) is 4.12. The summed E-state index contributed by atoms with van der Waals surface area (Å²) in [6, 6.07) is 4.60. The summed E-state index contributed by atoms with van der Waals surface area (Å²) >= 11 is 3.16. The summed E-state index contributed by atoms with van der Waals surface area (Å²) in [5.41, 5.74) is 0.384. The van der Waals surface area contributed by atoms with E-state index < -0.39 is 5.97 Å². The number of rotatable bonds is 6. The lowest BCUT2D eigenvalue weighted by atomic mass is 10.1. The van der Waals surface area contributed by atoms with Crippen molar-refractivity contribution in [1.82, 2.24) is 4.90 Å². The molecule has 2 N–H and O–H groups in total. The average Bonchev–Trinajstić information content (AvgIpc) is 2.36. The Morgan fingerprint density at radius 1 is 1.35 bits per heavy atom. The Hall–Kier alpha value is -1.56. The molecule has 0 aliphatic heterocycles. The van der Waals surface area contributed by atoms with E-state index in [0.29, 0.717) is 23.0 Å². The number of halogens is 1. The first-order chi connectivity index (χ1) is 9.32. The summed E-state index contributed by atoms with van der Waals surface area (Å²) in [5, 5.41) is 18.3. The average molecular weight is 344 g/mol. The Balaban J connectivity index is 2.82. The van der Waals surface area contributed by atoms with Crippen LogP contribution in [-0.4, -0.2) is 39.6 Å². The highest BCUT2D eigenvalue weighted by Gasteiger charge is 2.19. The van der Waals surface area contributed by atoms with Crippen LogP contribution < -0.4 is 0 Å². The molecule has 0 bridgehead atoms. The molecule has 20 heavy (non-hydrogen) atoms. The van der Waals surface area contributed by atoms with Crippen molar-refractivity contribution in [2.45, 2.75) is 32.7 Å². The van der Waals surface area contributed by atoms with E-state index in [0.717, 1.165) is 0 Å². The Kier molecular flexibility index (Phi) is 6.01. The number of phenols is 1. The molecule has 0 fully saturated rings. The van der Waals surface area contributed by atoms with Gasteiger partial charge < -0.3 is 15.1 Å². The molecule has 1 rings (SSSR count). The van der Waals surface area contributed by atoms with Gasteiger partial charge >= 0.3 is 5.97 Å². The van der Waals surface area contributed by atoms with E-state index in [4.69, 9.17) is 5.11 Å². The van der Waals surface area contributed by atoms with Crippen LogP contribution in [0.25, 0.3) is 0 Å². The van der Waals surface area contributed by atoms with E-state index in [1.165, 1.54) is 6.07 Å². The lowest BCUT2D eigenvalue weighted by Gasteiger charge is -2.26. The first-order valence-electron chi connectivity index (χ1n) is 6.34. The van der Waals surface area contributed by atoms with E-state index in [1.807, 2.05) is 13.8 Å². The first-order valence-corrected chi connectivity index (χ1v) is 7.13. The predicted octanol–water partition coefficient (Wildman–Crippen LogP) is 2.87. The molecule has 0 saturated carbocycles. The summed E-state index contributed by atoms with van der Waals surface area (Å²) < 4.78 is 0.524. The van der Waals surface area contributed by atoms with Crippen molar-refractivity contribution in [2.24, 2.45) is 0 Å². The zero-order valence-electron chi connectivity index (χ0n) is 11.5. The third-order valence-electron chi connectivity index (χ3n) is 2.87. The molecule has 5 nitrogen and oxygen atoms in total. The molecule has 0 aromatic heterocycles. The fraction of sp³-hybridized carbons (Fsp3) is 0.429. The molecular formula is C14H18BrNO4. The second-order valence-electron chi connectivity index (χ2n) is 4.76. The molecule has 0 atom stereocenters. The van der Waals surface area contributed by atoms with Crippen molar-refractivity contribution < 1.29 is 19.8 Å². The van der Waals surface area contributed by atoms with Gasteiger partial charge in [-0.1, -0.05) is 0 Å². The maximum absolute atomic E-state index is 12.4. The fourth-order valence-corrected chi connectivity index (χ4v) is 2.05. The highest BCUT2D eigenvalue weighted by atomic mass is 79.9. The van der Waals surface area contributed by atoms with Crippen molar-refractivity contribution in [3.05, 3.63) is 28.2 Å².